The SMILES string of the molecule is CCCNC(CC(=N)C(=S)S)(C(=S)S)C(=S)S. The van der Waals surface area contributed by atoms with Crippen molar-refractivity contribution in [2.24, 2.45) is 0 Å². The summed E-state index contributed by atoms with van der Waals surface area (Å²) in [4.78, 5) is 0. The van der Waals surface area contributed by atoms with Gasteiger partial charge in [-0.25, -0.2) is 0 Å². The van der Waals surface area contributed by atoms with Crippen molar-refractivity contribution in [3.63, 3.8) is 0 Å². The van der Waals surface area contributed by atoms with Crippen LogP contribution in [0.1, 0.15) is 19.8 Å². The molecule has 0 aromatic carbocycles. The molecular weight excluding hydrogens is 329 g/mol. The van der Waals surface area contributed by atoms with E-state index >= 15 is 0 Å². The van der Waals surface area contributed by atoms with Gasteiger partial charge in [-0.3, -0.25) is 0 Å². The maximum atomic E-state index is 7.78. The van der Waals surface area contributed by atoms with Gasteiger partial charge in [0.1, 0.15) is 5.54 Å². The van der Waals surface area contributed by atoms with Gasteiger partial charge in [-0.2, -0.15) is 0 Å². The molecule has 0 atom stereocenters. The third-order valence-corrected chi connectivity index (χ3v) is 4.08. The summed E-state index contributed by atoms with van der Waals surface area (Å²) in [5, 5.41) is 11.0. The highest BCUT2D eigenvalue weighted by molar-refractivity contribution is 8.15. The zero-order chi connectivity index (χ0) is 13.6. The lowest BCUT2D eigenvalue weighted by atomic mass is 9.96. The van der Waals surface area contributed by atoms with Crippen molar-refractivity contribution >= 4 is 92.8 Å². The predicted molar refractivity (Wildman–Crippen MR) is 98.1 cm³/mol. The molecule has 0 aliphatic carbocycles. The van der Waals surface area contributed by atoms with Crippen molar-refractivity contribution in [1.29, 1.82) is 5.41 Å². The maximum absolute atomic E-state index is 7.78. The van der Waals surface area contributed by atoms with Crippen LogP contribution >= 0.6 is 74.5 Å². The molecule has 0 aliphatic rings. The third kappa shape index (κ3) is 5.22. The smallest absolute Gasteiger partial charge is 0.107 e. The van der Waals surface area contributed by atoms with Crippen LogP contribution in [0.3, 0.4) is 0 Å². The summed E-state index contributed by atoms with van der Waals surface area (Å²) in [6.07, 6.45) is 1.13. The van der Waals surface area contributed by atoms with Gasteiger partial charge in [0.15, 0.2) is 0 Å². The zero-order valence-corrected chi connectivity index (χ0v) is 14.3. The van der Waals surface area contributed by atoms with Gasteiger partial charge in [0.25, 0.3) is 0 Å². The second-order valence-corrected chi connectivity index (χ2v) is 6.88. The molecule has 0 spiro atoms. The van der Waals surface area contributed by atoms with Gasteiger partial charge >= 0.3 is 0 Å². The quantitative estimate of drug-likeness (QED) is 0.267. The summed E-state index contributed by atoms with van der Waals surface area (Å²) in [6, 6.07) is 0. The molecule has 0 unspecified atom stereocenters. The Hall–Kier alpha value is 0.950. The highest BCUT2D eigenvalue weighted by atomic mass is 32.1. The molecule has 0 aromatic rings. The largest absolute Gasteiger partial charge is 0.303 e. The number of hydrogen-bond donors (Lipinski definition) is 5. The minimum Gasteiger partial charge on any atom is -0.303 e. The van der Waals surface area contributed by atoms with Crippen molar-refractivity contribution in [3.05, 3.63) is 0 Å². The Kier molecular flexibility index (Phi) is 8.64. The number of hydrogen-bond acceptors (Lipinski definition) is 5. The first kappa shape index (κ1) is 17.9. The fourth-order valence-corrected chi connectivity index (χ4v) is 2.62. The normalized spacial score (nSPS) is 11.1. The van der Waals surface area contributed by atoms with Gasteiger partial charge in [0.05, 0.1) is 18.3 Å². The molecule has 0 saturated carbocycles. The standard InChI is InChI=1S/C9H14N2S6/c1-2-3-11-9(7(14)15,8(16)17)4-5(10)6(12)13/h10-11H,2-4H2,1H3,(H,12,13)(H,14,15)(H,16,17). The van der Waals surface area contributed by atoms with E-state index in [4.69, 9.17) is 42.1 Å². The Morgan fingerprint density at radius 2 is 1.65 bits per heavy atom. The van der Waals surface area contributed by atoms with Crippen LogP contribution in [0.5, 0.6) is 0 Å². The lowest BCUT2D eigenvalue weighted by Gasteiger charge is -2.32. The molecule has 0 bridgehead atoms. The van der Waals surface area contributed by atoms with Crippen LogP contribution in [0.25, 0.3) is 0 Å². The van der Waals surface area contributed by atoms with Crippen LogP contribution in [-0.4, -0.2) is 30.4 Å². The van der Waals surface area contributed by atoms with Crippen LogP contribution in [0.4, 0.5) is 0 Å². The van der Waals surface area contributed by atoms with E-state index in [0.29, 0.717) is 14.9 Å². The minimum absolute atomic E-state index is 0.194. The van der Waals surface area contributed by atoms with Gasteiger partial charge in [-0.15, -0.1) is 37.9 Å². The van der Waals surface area contributed by atoms with E-state index in [1.54, 1.807) is 0 Å². The molecule has 0 heterocycles. The fourth-order valence-electron chi connectivity index (χ4n) is 1.14. The van der Waals surface area contributed by atoms with Gasteiger partial charge in [-0.1, -0.05) is 43.6 Å². The van der Waals surface area contributed by atoms with Crippen LogP contribution in [0.15, 0.2) is 0 Å². The van der Waals surface area contributed by atoms with Crippen molar-refractivity contribution in [2.45, 2.75) is 25.3 Å². The first-order valence-electron chi connectivity index (χ1n) is 4.80. The molecule has 96 valence electrons. The predicted octanol–water partition coefficient (Wildman–Crippen LogP) is 2.91. The lowest BCUT2D eigenvalue weighted by molar-refractivity contribution is 0.573. The van der Waals surface area contributed by atoms with Crippen molar-refractivity contribution in [3.8, 4) is 0 Å². The molecule has 0 aromatic heterocycles. The maximum Gasteiger partial charge on any atom is 0.107 e. The second kappa shape index (κ2) is 8.19. The molecule has 0 rings (SSSR count). The number of thiocarbonyl (C=S) groups is 3. The molecule has 2 N–H and O–H groups in total. The van der Waals surface area contributed by atoms with Crippen molar-refractivity contribution < 1.29 is 0 Å². The highest BCUT2D eigenvalue weighted by Gasteiger charge is 2.37. The van der Waals surface area contributed by atoms with Gasteiger partial charge < -0.3 is 10.7 Å². The number of thiol groups is 3. The Bertz CT molecular complexity index is 337. The molecule has 0 amide bonds. The summed E-state index contributed by atoms with van der Waals surface area (Å²) >= 11 is 27.5. The second-order valence-electron chi connectivity index (χ2n) is 3.40. The van der Waals surface area contributed by atoms with Gasteiger partial charge in [0.2, 0.25) is 0 Å². The first-order chi connectivity index (χ1) is 7.77. The van der Waals surface area contributed by atoms with Crippen molar-refractivity contribution in [2.75, 3.05) is 6.54 Å². The summed E-state index contributed by atoms with van der Waals surface area (Å²) in [7, 11) is 0. The molecule has 17 heavy (non-hydrogen) atoms. The summed E-state index contributed by atoms with van der Waals surface area (Å²) in [6.45, 7) is 2.73. The van der Waals surface area contributed by atoms with Crippen LogP contribution in [0, 0.1) is 5.41 Å². The fraction of sp³-hybridized carbons (Fsp3) is 0.556. The molecule has 0 saturated heterocycles. The van der Waals surface area contributed by atoms with E-state index in [1.807, 2.05) is 6.92 Å². The number of rotatable bonds is 8. The average Bonchev–Trinajstić information content (AvgIpc) is 2.22. The van der Waals surface area contributed by atoms with E-state index < -0.39 is 5.54 Å². The summed E-state index contributed by atoms with van der Waals surface area (Å²) in [5.41, 5.74) is -0.670. The van der Waals surface area contributed by atoms with E-state index in [-0.39, 0.29) is 16.3 Å². The van der Waals surface area contributed by atoms with E-state index in [0.717, 1.165) is 6.42 Å². The van der Waals surface area contributed by atoms with Crippen LogP contribution < -0.4 is 5.32 Å². The molecule has 0 radical (unpaired) electrons. The molecule has 8 heteroatoms. The monoisotopic (exact) mass is 342 g/mol. The molecule has 2 nitrogen and oxygen atoms in total. The molecule has 0 aliphatic heterocycles. The van der Waals surface area contributed by atoms with Gasteiger partial charge in [-0.05, 0) is 13.0 Å². The molecular formula is C9H14N2S6. The van der Waals surface area contributed by atoms with Gasteiger partial charge in [0, 0.05) is 6.42 Å². The van der Waals surface area contributed by atoms with E-state index in [9.17, 15) is 0 Å². The summed E-state index contributed by atoms with van der Waals surface area (Å²) in [5.74, 6) is 0. The van der Waals surface area contributed by atoms with Crippen molar-refractivity contribution in [1.82, 2.24) is 5.32 Å². The van der Waals surface area contributed by atoms with E-state index in [1.165, 1.54) is 0 Å². The van der Waals surface area contributed by atoms with Crippen LogP contribution in [0.2, 0.25) is 0 Å². The Balaban J connectivity index is 5.18. The third-order valence-electron chi connectivity index (χ3n) is 2.11. The minimum atomic E-state index is -0.864. The zero-order valence-electron chi connectivity index (χ0n) is 9.19. The Morgan fingerprint density at radius 1 is 1.18 bits per heavy atom. The number of nitrogens with one attached hydrogen (secondary N) is 2. The average molecular weight is 343 g/mol. The summed E-state index contributed by atoms with van der Waals surface area (Å²) < 4.78 is 0.947. The first-order valence-corrected chi connectivity index (χ1v) is 7.37. The topological polar surface area (TPSA) is 35.9 Å². The Morgan fingerprint density at radius 3 is 1.94 bits per heavy atom. The Labute approximate surface area is 134 Å². The lowest BCUT2D eigenvalue weighted by Crippen LogP contribution is -2.55. The van der Waals surface area contributed by atoms with Crippen LogP contribution in [-0.2, 0) is 0 Å². The molecule has 0 fully saturated rings. The highest BCUT2D eigenvalue weighted by Crippen LogP contribution is 2.22. The van der Waals surface area contributed by atoms with E-state index in [2.05, 4.69) is 43.2 Å².